The van der Waals surface area contributed by atoms with E-state index in [1.807, 2.05) is 0 Å². The summed E-state index contributed by atoms with van der Waals surface area (Å²) in [4.78, 5) is 25.7. The smallest absolute Gasteiger partial charge is 0.303 e. The maximum atomic E-state index is 11.5. The molecule has 0 aliphatic carbocycles. The molecule has 2 N–H and O–H groups in total. The Morgan fingerprint density at radius 1 is 1.65 bits per heavy atom. The van der Waals surface area contributed by atoms with Gasteiger partial charge in [-0.05, 0) is 6.92 Å². The molecule has 1 aliphatic heterocycles. The summed E-state index contributed by atoms with van der Waals surface area (Å²) in [6, 6.07) is 0. The molecule has 7 nitrogen and oxygen atoms in total. The van der Waals surface area contributed by atoms with E-state index in [2.05, 4.69) is 10.1 Å². The Kier molecular flexibility index (Phi) is 2.92. The van der Waals surface area contributed by atoms with Crippen molar-refractivity contribution < 1.29 is 15.0 Å². The molecule has 2 heterocycles. The number of carbonyl (C=O) groups is 1. The summed E-state index contributed by atoms with van der Waals surface area (Å²) in [5.74, 6) is -0.632. The number of aromatic nitrogens is 3. The first-order chi connectivity index (χ1) is 7.90. The average molecular weight is 257 g/mol. The van der Waals surface area contributed by atoms with E-state index < -0.39 is 17.3 Å². The van der Waals surface area contributed by atoms with E-state index in [1.165, 1.54) is 16.4 Å². The minimum absolute atomic E-state index is 0.0161. The van der Waals surface area contributed by atoms with E-state index >= 15 is 0 Å². The van der Waals surface area contributed by atoms with Crippen LogP contribution in [0.25, 0.3) is 0 Å². The third-order valence-electron chi connectivity index (χ3n) is 2.35. The number of aliphatic carboxylic acids is 1. The summed E-state index contributed by atoms with van der Waals surface area (Å²) in [6.07, 6.45) is -0.166. The van der Waals surface area contributed by atoms with Crippen LogP contribution >= 0.6 is 11.8 Å². The van der Waals surface area contributed by atoms with E-state index in [0.29, 0.717) is 10.9 Å². The number of carboxylic acid groups (broad SMARTS) is 1. The van der Waals surface area contributed by atoms with Crippen LogP contribution in [-0.2, 0) is 16.9 Å². The number of carboxylic acids is 1. The summed E-state index contributed by atoms with van der Waals surface area (Å²) >= 11 is 1.25. The second-order valence-corrected chi connectivity index (χ2v) is 4.90. The van der Waals surface area contributed by atoms with Gasteiger partial charge < -0.3 is 10.2 Å². The highest BCUT2D eigenvalue weighted by molar-refractivity contribution is 7.99. The van der Waals surface area contributed by atoms with E-state index in [-0.39, 0.29) is 18.5 Å². The lowest BCUT2D eigenvalue weighted by molar-refractivity contribution is -0.136. The Morgan fingerprint density at radius 3 is 3.00 bits per heavy atom. The maximum absolute atomic E-state index is 11.5. The van der Waals surface area contributed by atoms with Crippen LogP contribution in [0.3, 0.4) is 0 Å². The lowest BCUT2D eigenvalue weighted by Crippen LogP contribution is -2.34. The standard InChI is InChI=1S/C9H11N3O4S/c1-9(16)4-17-8-10-7(15)5(11-12(8)9)2-3-6(13)14/h16H,2-4H2,1H3,(H,13,14)/t9-/m0/s1. The summed E-state index contributed by atoms with van der Waals surface area (Å²) in [5, 5.41) is 22.9. The molecule has 0 saturated carbocycles. The van der Waals surface area contributed by atoms with Gasteiger partial charge in [0.15, 0.2) is 10.9 Å². The van der Waals surface area contributed by atoms with Crippen LogP contribution in [0.4, 0.5) is 0 Å². The van der Waals surface area contributed by atoms with Crippen molar-refractivity contribution in [1.82, 2.24) is 14.8 Å². The van der Waals surface area contributed by atoms with Crippen molar-refractivity contribution in [3.05, 3.63) is 16.0 Å². The van der Waals surface area contributed by atoms with Crippen LogP contribution in [-0.4, -0.2) is 36.7 Å². The average Bonchev–Trinajstić information content (AvgIpc) is 2.51. The molecule has 0 radical (unpaired) electrons. The summed E-state index contributed by atoms with van der Waals surface area (Å²) < 4.78 is 1.27. The van der Waals surface area contributed by atoms with Crippen LogP contribution in [0.1, 0.15) is 19.0 Å². The minimum atomic E-state index is -1.18. The summed E-state index contributed by atoms with van der Waals surface area (Å²) in [6.45, 7) is 1.57. The molecule has 0 spiro atoms. The monoisotopic (exact) mass is 257 g/mol. The minimum Gasteiger partial charge on any atom is -0.481 e. The van der Waals surface area contributed by atoms with Gasteiger partial charge in [0.2, 0.25) is 0 Å². The fourth-order valence-electron chi connectivity index (χ4n) is 1.46. The van der Waals surface area contributed by atoms with Gasteiger partial charge in [0.1, 0.15) is 5.69 Å². The van der Waals surface area contributed by atoms with Crippen molar-refractivity contribution in [3.8, 4) is 0 Å². The van der Waals surface area contributed by atoms with Crippen molar-refractivity contribution in [2.45, 2.75) is 30.6 Å². The first-order valence-corrected chi connectivity index (χ1v) is 5.96. The van der Waals surface area contributed by atoms with Crippen LogP contribution < -0.4 is 5.56 Å². The van der Waals surface area contributed by atoms with Gasteiger partial charge in [-0.3, -0.25) is 9.59 Å². The number of hydrogen-bond donors (Lipinski definition) is 2. The number of hydrogen-bond acceptors (Lipinski definition) is 6. The fourth-order valence-corrected chi connectivity index (χ4v) is 2.49. The molecular formula is C9H11N3O4S. The number of fused-ring (bicyclic) bond motifs is 1. The van der Waals surface area contributed by atoms with Gasteiger partial charge in [-0.2, -0.15) is 10.1 Å². The van der Waals surface area contributed by atoms with E-state index in [4.69, 9.17) is 5.11 Å². The molecule has 1 atom stereocenters. The topological polar surface area (TPSA) is 105 Å². The number of rotatable bonds is 3. The molecule has 1 aliphatic rings. The summed E-state index contributed by atoms with van der Waals surface area (Å²) in [7, 11) is 0. The number of aliphatic hydroxyl groups is 1. The highest BCUT2D eigenvalue weighted by Crippen LogP contribution is 2.32. The van der Waals surface area contributed by atoms with Crippen LogP contribution in [0.2, 0.25) is 0 Å². The predicted octanol–water partition coefficient (Wildman–Crippen LogP) is -0.574. The third-order valence-corrected chi connectivity index (χ3v) is 3.57. The van der Waals surface area contributed by atoms with Gasteiger partial charge in [0, 0.05) is 6.42 Å². The molecule has 17 heavy (non-hydrogen) atoms. The lowest BCUT2D eigenvalue weighted by Gasteiger charge is -2.18. The van der Waals surface area contributed by atoms with Gasteiger partial charge in [-0.25, -0.2) is 4.68 Å². The zero-order valence-corrected chi connectivity index (χ0v) is 9.90. The van der Waals surface area contributed by atoms with Crippen LogP contribution in [0.15, 0.2) is 9.95 Å². The first-order valence-electron chi connectivity index (χ1n) is 4.98. The van der Waals surface area contributed by atoms with Crippen molar-refractivity contribution in [3.63, 3.8) is 0 Å². The second kappa shape index (κ2) is 4.11. The van der Waals surface area contributed by atoms with E-state index in [0.717, 1.165) is 0 Å². The normalized spacial score (nSPS) is 22.5. The maximum Gasteiger partial charge on any atom is 0.303 e. The molecule has 0 unspecified atom stereocenters. The van der Waals surface area contributed by atoms with E-state index in [1.54, 1.807) is 6.92 Å². The fraction of sp³-hybridized carbons (Fsp3) is 0.556. The quantitative estimate of drug-likeness (QED) is 0.746. The predicted molar refractivity (Wildman–Crippen MR) is 58.8 cm³/mol. The third kappa shape index (κ3) is 2.32. The molecule has 0 aromatic carbocycles. The number of thioether (sulfide) groups is 1. The molecular weight excluding hydrogens is 246 g/mol. The van der Waals surface area contributed by atoms with E-state index in [9.17, 15) is 14.7 Å². The Bertz CT molecular complexity index is 525. The first kappa shape index (κ1) is 12.1. The molecule has 1 aromatic rings. The van der Waals surface area contributed by atoms with Gasteiger partial charge in [-0.15, -0.1) is 0 Å². The molecule has 0 saturated heterocycles. The van der Waals surface area contributed by atoms with Crippen LogP contribution in [0, 0.1) is 0 Å². The largest absolute Gasteiger partial charge is 0.481 e. The number of nitrogens with zero attached hydrogens (tertiary/aromatic N) is 3. The van der Waals surface area contributed by atoms with Crippen molar-refractivity contribution >= 4 is 17.7 Å². The Labute approximate surface area is 100 Å². The SMILES string of the molecule is C[C@]1(O)CSc2nc(=O)c(CCC(=O)O)nn21. The summed E-state index contributed by atoms with van der Waals surface area (Å²) in [5.41, 5.74) is -1.64. The van der Waals surface area contributed by atoms with Gasteiger partial charge in [-0.1, -0.05) is 11.8 Å². The number of aryl methyl sites for hydroxylation is 1. The lowest BCUT2D eigenvalue weighted by atomic mass is 10.2. The zero-order chi connectivity index (χ0) is 12.6. The van der Waals surface area contributed by atoms with Gasteiger partial charge in [0.25, 0.3) is 5.56 Å². The van der Waals surface area contributed by atoms with Crippen molar-refractivity contribution in [2.75, 3.05) is 5.75 Å². The Balaban J connectivity index is 2.36. The molecule has 1 aromatic heterocycles. The van der Waals surface area contributed by atoms with Gasteiger partial charge >= 0.3 is 5.97 Å². The van der Waals surface area contributed by atoms with Gasteiger partial charge in [0.05, 0.1) is 12.2 Å². The Hall–Kier alpha value is -1.41. The molecule has 0 fully saturated rings. The highest BCUT2D eigenvalue weighted by Gasteiger charge is 2.34. The molecule has 92 valence electrons. The second-order valence-electron chi connectivity index (χ2n) is 3.96. The highest BCUT2D eigenvalue weighted by atomic mass is 32.2. The molecule has 2 rings (SSSR count). The molecule has 0 bridgehead atoms. The van der Waals surface area contributed by atoms with Crippen LogP contribution in [0.5, 0.6) is 0 Å². The van der Waals surface area contributed by atoms with Crippen molar-refractivity contribution in [2.24, 2.45) is 0 Å². The molecule has 0 amide bonds. The molecule has 8 heteroatoms. The zero-order valence-electron chi connectivity index (χ0n) is 9.08. The Morgan fingerprint density at radius 2 is 2.35 bits per heavy atom. The van der Waals surface area contributed by atoms with Crippen molar-refractivity contribution in [1.29, 1.82) is 0 Å².